The van der Waals surface area contributed by atoms with Crippen LogP contribution in [0, 0.1) is 0 Å². The fourth-order valence-corrected chi connectivity index (χ4v) is 1.63. The summed E-state index contributed by atoms with van der Waals surface area (Å²) in [5.41, 5.74) is 8.16. The molecule has 0 aliphatic heterocycles. The van der Waals surface area contributed by atoms with Crippen LogP contribution >= 0.6 is 0 Å². The number of hydrogen-bond acceptors (Lipinski definition) is 2. The molecule has 0 saturated heterocycles. The SMILES string of the molecule is CCC(C)(N)c1ccc2ncccc2c1. The van der Waals surface area contributed by atoms with E-state index in [0.717, 1.165) is 17.3 Å². The van der Waals surface area contributed by atoms with E-state index in [1.165, 1.54) is 5.56 Å². The Morgan fingerprint density at radius 2 is 2.13 bits per heavy atom. The van der Waals surface area contributed by atoms with E-state index in [4.69, 9.17) is 5.73 Å². The molecule has 2 heteroatoms. The molecule has 0 saturated carbocycles. The Bertz CT molecular complexity index is 475. The zero-order valence-electron chi connectivity index (χ0n) is 9.20. The second-order valence-electron chi connectivity index (χ2n) is 4.18. The highest BCUT2D eigenvalue weighted by atomic mass is 14.7. The van der Waals surface area contributed by atoms with Crippen LogP contribution in [0.1, 0.15) is 25.8 Å². The van der Waals surface area contributed by atoms with Gasteiger partial charge in [-0.2, -0.15) is 0 Å². The van der Waals surface area contributed by atoms with Crippen LogP contribution in [0.4, 0.5) is 0 Å². The Morgan fingerprint density at radius 1 is 1.33 bits per heavy atom. The maximum absolute atomic E-state index is 6.21. The molecule has 0 aliphatic carbocycles. The molecule has 2 aromatic rings. The molecule has 0 radical (unpaired) electrons. The third-order valence-corrected chi connectivity index (χ3v) is 3.00. The van der Waals surface area contributed by atoms with E-state index in [1.807, 2.05) is 18.3 Å². The third kappa shape index (κ3) is 1.85. The van der Waals surface area contributed by atoms with Crippen LogP contribution in [0.5, 0.6) is 0 Å². The van der Waals surface area contributed by atoms with Crippen LogP contribution in [0.3, 0.4) is 0 Å². The zero-order chi connectivity index (χ0) is 10.9. The van der Waals surface area contributed by atoms with Crippen molar-refractivity contribution in [3.63, 3.8) is 0 Å². The van der Waals surface area contributed by atoms with Gasteiger partial charge in [-0.25, -0.2) is 0 Å². The summed E-state index contributed by atoms with van der Waals surface area (Å²) in [6.45, 7) is 4.16. The van der Waals surface area contributed by atoms with Crippen molar-refractivity contribution in [1.82, 2.24) is 4.98 Å². The first-order valence-corrected chi connectivity index (χ1v) is 5.27. The highest BCUT2D eigenvalue weighted by Gasteiger charge is 2.18. The Kier molecular flexibility index (Phi) is 2.45. The van der Waals surface area contributed by atoms with Crippen molar-refractivity contribution >= 4 is 10.9 Å². The average Bonchev–Trinajstić information content (AvgIpc) is 2.28. The second kappa shape index (κ2) is 3.63. The van der Waals surface area contributed by atoms with Crippen LogP contribution < -0.4 is 5.73 Å². The second-order valence-corrected chi connectivity index (χ2v) is 4.18. The molecule has 1 heterocycles. The normalized spacial score (nSPS) is 15.1. The van der Waals surface area contributed by atoms with Gasteiger partial charge in [0.2, 0.25) is 0 Å². The summed E-state index contributed by atoms with van der Waals surface area (Å²) < 4.78 is 0. The number of rotatable bonds is 2. The maximum atomic E-state index is 6.21. The fourth-order valence-electron chi connectivity index (χ4n) is 1.63. The lowest BCUT2D eigenvalue weighted by Gasteiger charge is -2.23. The topological polar surface area (TPSA) is 38.9 Å². The maximum Gasteiger partial charge on any atom is 0.0702 e. The summed E-state index contributed by atoms with van der Waals surface area (Å²) in [7, 11) is 0. The number of benzene rings is 1. The zero-order valence-corrected chi connectivity index (χ0v) is 9.20. The van der Waals surface area contributed by atoms with Gasteiger partial charge in [-0.15, -0.1) is 0 Å². The molecule has 1 unspecified atom stereocenters. The summed E-state index contributed by atoms with van der Waals surface area (Å²) in [6, 6.07) is 10.2. The van der Waals surface area contributed by atoms with Crippen molar-refractivity contribution in [1.29, 1.82) is 0 Å². The van der Waals surface area contributed by atoms with Gasteiger partial charge < -0.3 is 5.73 Å². The first kappa shape index (κ1) is 10.1. The van der Waals surface area contributed by atoms with Crippen LogP contribution in [0.15, 0.2) is 36.5 Å². The van der Waals surface area contributed by atoms with Crippen molar-refractivity contribution in [2.75, 3.05) is 0 Å². The largest absolute Gasteiger partial charge is 0.322 e. The van der Waals surface area contributed by atoms with Gasteiger partial charge in [0.15, 0.2) is 0 Å². The number of nitrogens with zero attached hydrogens (tertiary/aromatic N) is 1. The first-order chi connectivity index (χ1) is 7.13. The molecule has 1 aromatic carbocycles. The Hall–Kier alpha value is -1.41. The van der Waals surface area contributed by atoms with Gasteiger partial charge in [-0.1, -0.05) is 19.1 Å². The Labute approximate surface area is 90.1 Å². The molecule has 2 N–H and O–H groups in total. The van der Waals surface area contributed by atoms with Crippen molar-refractivity contribution < 1.29 is 0 Å². The summed E-state index contributed by atoms with van der Waals surface area (Å²) >= 11 is 0. The van der Waals surface area contributed by atoms with E-state index >= 15 is 0 Å². The van der Waals surface area contributed by atoms with Gasteiger partial charge in [-0.3, -0.25) is 4.98 Å². The van der Waals surface area contributed by atoms with Crippen molar-refractivity contribution in [3.8, 4) is 0 Å². The number of fused-ring (bicyclic) bond motifs is 1. The molecule has 0 spiro atoms. The first-order valence-electron chi connectivity index (χ1n) is 5.27. The molecule has 78 valence electrons. The van der Waals surface area contributed by atoms with E-state index < -0.39 is 0 Å². The van der Waals surface area contributed by atoms with Crippen molar-refractivity contribution in [2.24, 2.45) is 5.73 Å². The summed E-state index contributed by atoms with van der Waals surface area (Å²) in [6.07, 6.45) is 2.74. The predicted molar refractivity (Wildman–Crippen MR) is 63.6 cm³/mol. The molecule has 2 rings (SSSR count). The summed E-state index contributed by atoms with van der Waals surface area (Å²) in [5, 5.41) is 1.15. The molecule has 2 nitrogen and oxygen atoms in total. The standard InChI is InChI=1S/C13H16N2/c1-3-13(2,14)11-6-7-12-10(9-11)5-4-8-15-12/h4-9H,3,14H2,1-2H3. The highest BCUT2D eigenvalue weighted by molar-refractivity contribution is 5.79. The van der Waals surface area contributed by atoms with E-state index in [0.29, 0.717) is 0 Å². The van der Waals surface area contributed by atoms with Gasteiger partial charge in [0.25, 0.3) is 0 Å². The van der Waals surface area contributed by atoms with Crippen LogP contribution in [-0.2, 0) is 5.54 Å². The number of pyridine rings is 1. The Morgan fingerprint density at radius 3 is 2.87 bits per heavy atom. The van der Waals surface area contributed by atoms with Crippen molar-refractivity contribution in [2.45, 2.75) is 25.8 Å². The predicted octanol–water partition coefficient (Wildman–Crippen LogP) is 2.82. The molecular formula is C13H16N2. The van der Waals surface area contributed by atoms with E-state index in [9.17, 15) is 0 Å². The smallest absolute Gasteiger partial charge is 0.0702 e. The van der Waals surface area contributed by atoms with E-state index in [2.05, 4.69) is 37.0 Å². The lowest BCUT2D eigenvalue weighted by atomic mass is 9.90. The fraction of sp³-hybridized carbons (Fsp3) is 0.308. The molecule has 1 aromatic heterocycles. The van der Waals surface area contributed by atoms with Crippen LogP contribution in [0.2, 0.25) is 0 Å². The minimum atomic E-state index is -0.246. The van der Waals surface area contributed by atoms with Gasteiger partial charge in [-0.05, 0) is 37.1 Å². The quantitative estimate of drug-likeness (QED) is 0.809. The summed E-state index contributed by atoms with van der Waals surface area (Å²) in [4.78, 5) is 4.29. The average molecular weight is 200 g/mol. The van der Waals surface area contributed by atoms with Gasteiger partial charge >= 0.3 is 0 Å². The monoisotopic (exact) mass is 200 g/mol. The molecule has 0 amide bonds. The molecule has 0 bridgehead atoms. The number of aromatic nitrogens is 1. The molecule has 15 heavy (non-hydrogen) atoms. The van der Waals surface area contributed by atoms with Crippen molar-refractivity contribution in [3.05, 3.63) is 42.1 Å². The Balaban J connectivity index is 2.56. The number of nitrogens with two attached hydrogens (primary N) is 1. The molecular weight excluding hydrogens is 184 g/mol. The molecule has 0 aliphatic rings. The molecule has 0 fully saturated rings. The van der Waals surface area contributed by atoms with Crippen LogP contribution in [-0.4, -0.2) is 4.98 Å². The van der Waals surface area contributed by atoms with E-state index in [-0.39, 0.29) is 5.54 Å². The van der Waals surface area contributed by atoms with Gasteiger partial charge in [0.1, 0.15) is 0 Å². The lowest BCUT2D eigenvalue weighted by molar-refractivity contribution is 0.477. The van der Waals surface area contributed by atoms with Gasteiger partial charge in [0.05, 0.1) is 5.52 Å². The van der Waals surface area contributed by atoms with Crippen LogP contribution in [0.25, 0.3) is 10.9 Å². The highest BCUT2D eigenvalue weighted by Crippen LogP contribution is 2.24. The minimum absolute atomic E-state index is 0.246. The summed E-state index contributed by atoms with van der Waals surface area (Å²) in [5.74, 6) is 0. The third-order valence-electron chi connectivity index (χ3n) is 3.00. The van der Waals surface area contributed by atoms with Gasteiger partial charge in [0, 0.05) is 17.1 Å². The minimum Gasteiger partial charge on any atom is -0.322 e. The molecule has 1 atom stereocenters. The number of hydrogen-bond donors (Lipinski definition) is 1. The van der Waals surface area contributed by atoms with E-state index in [1.54, 1.807) is 0 Å². The lowest BCUT2D eigenvalue weighted by Crippen LogP contribution is -2.31.